The zero-order valence-electron chi connectivity index (χ0n) is 24.2. The van der Waals surface area contributed by atoms with Crippen LogP contribution < -0.4 is 0 Å². The maximum absolute atomic E-state index is 4.27. The number of thiophene rings is 1. The molecule has 0 saturated carbocycles. The fraction of sp³-hybridized carbons (Fsp3) is 0.0244. The van der Waals surface area contributed by atoms with Gasteiger partial charge in [-0.2, -0.15) is 0 Å². The van der Waals surface area contributed by atoms with Crippen LogP contribution in [0.4, 0.5) is 0 Å². The maximum atomic E-state index is 4.27. The lowest BCUT2D eigenvalue weighted by Crippen LogP contribution is -1.98. The summed E-state index contributed by atoms with van der Waals surface area (Å²) in [6.07, 6.45) is 12.0. The van der Waals surface area contributed by atoms with Crippen molar-refractivity contribution >= 4 is 71.0 Å². The van der Waals surface area contributed by atoms with Gasteiger partial charge in [-0.3, -0.25) is 0 Å². The van der Waals surface area contributed by atoms with Gasteiger partial charge in [-0.1, -0.05) is 129 Å². The average molecular weight is 570 g/mol. The van der Waals surface area contributed by atoms with Crippen LogP contribution in [0, 0.1) is 0 Å². The van der Waals surface area contributed by atoms with E-state index < -0.39 is 0 Å². The summed E-state index contributed by atoms with van der Waals surface area (Å²) >= 11 is 1.88. The number of aromatic nitrogens is 1. The Kier molecular flexibility index (Phi) is 6.77. The molecule has 0 saturated heterocycles. The third-order valence-electron chi connectivity index (χ3n) is 8.22. The van der Waals surface area contributed by atoms with Crippen molar-refractivity contribution in [3.8, 4) is 22.3 Å². The van der Waals surface area contributed by atoms with Crippen molar-refractivity contribution in [3.63, 3.8) is 0 Å². The topological polar surface area (TPSA) is 4.93 Å². The van der Waals surface area contributed by atoms with Crippen molar-refractivity contribution in [3.05, 3.63) is 152 Å². The van der Waals surface area contributed by atoms with Gasteiger partial charge in [0.05, 0.1) is 11.2 Å². The predicted molar refractivity (Wildman–Crippen MR) is 193 cm³/mol. The second-order valence-electron chi connectivity index (χ2n) is 10.6. The van der Waals surface area contributed by atoms with Crippen molar-refractivity contribution in [1.82, 2.24) is 4.57 Å². The van der Waals surface area contributed by atoms with Crippen LogP contribution in [0.25, 0.3) is 82.0 Å². The van der Waals surface area contributed by atoms with Crippen LogP contribution in [0.15, 0.2) is 141 Å². The van der Waals surface area contributed by atoms with E-state index in [4.69, 9.17) is 0 Å². The van der Waals surface area contributed by atoms with Gasteiger partial charge in [0.2, 0.25) is 0 Å². The van der Waals surface area contributed by atoms with E-state index >= 15 is 0 Å². The number of fused-ring (bicyclic) bond motifs is 6. The Balaban J connectivity index is 1.76. The molecular formula is C41H31NS. The number of hydrogen-bond acceptors (Lipinski definition) is 1. The van der Waals surface area contributed by atoms with Crippen LogP contribution in [0.3, 0.4) is 0 Å². The highest BCUT2D eigenvalue weighted by Crippen LogP contribution is 2.50. The first-order valence-electron chi connectivity index (χ1n) is 14.5. The minimum absolute atomic E-state index is 1.02. The molecule has 0 spiro atoms. The normalized spacial score (nSPS) is 12.2. The number of benzene rings is 5. The minimum Gasteiger partial charge on any atom is -0.309 e. The van der Waals surface area contributed by atoms with Crippen LogP contribution in [0.1, 0.15) is 18.2 Å². The molecule has 0 unspecified atom stereocenters. The summed E-state index contributed by atoms with van der Waals surface area (Å²) in [6.45, 7) is 14.6. The standard InChI is InChI=1S/C41H31NS/c1-5-16-29(17-6-2)42-37(8-4)30(7-3)35-26-36(33-24-14-21-27-20-12-13-22-31(27)33)41-38(39(35)42)34-25-15-23-32(40(34)43-41)28-18-10-9-11-19-28/h5-26H,1,3-4H2,2H3/b17-6-,29-16+. The Morgan fingerprint density at radius 3 is 2.19 bits per heavy atom. The molecule has 2 heterocycles. The van der Waals surface area contributed by atoms with Crippen molar-refractivity contribution < 1.29 is 0 Å². The number of hydrogen-bond donors (Lipinski definition) is 0. The lowest BCUT2D eigenvalue weighted by atomic mass is 9.94. The molecule has 0 fully saturated rings. The van der Waals surface area contributed by atoms with Crippen molar-refractivity contribution in [2.45, 2.75) is 6.92 Å². The van der Waals surface area contributed by atoms with E-state index in [1.165, 1.54) is 53.2 Å². The van der Waals surface area contributed by atoms with Gasteiger partial charge in [0.15, 0.2) is 0 Å². The van der Waals surface area contributed by atoms with Crippen molar-refractivity contribution in [2.24, 2.45) is 0 Å². The van der Waals surface area contributed by atoms with E-state index in [9.17, 15) is 0 Å². The van der Waals surface area contributed by atoms with Gasteiger partial charge in [0.1, 0.15) is 0 Å². The first-order valence-corrected chi connectivity index (χ1v) is 15.3. The molecule has 0 bridgehead atoms. The molecule has 0 radical (unpaired) electrons. The quantitative estimate of drug-likeness (QED) is 0.168. The van der Waals surface area contributed by atoms with Crippen LogP contribution in [0.5, 0.6) is 0 Å². The summed E-state index contributed by atoms with van der Waals surface area (Å²) in [6, 6.07) is 35.1. The smallest absolute Gasteiger partial charge is 0.0634 e. The SMILES string of the molecule is C=C/C=C(\C=C/C)n1c(C=C)c(C=C)c2cc(-c3cccc4ccccc34)c3sc4c(-c5ccccc5)cccc4c3c21. The highest BCUT2D eigenvalue weighted by atomic mass is 32.1. The van der Waals surface area contributed by atoms with E-state index in [1.54, 1.807) is 0 Å². The van der Waals surface area contributed by atoms with Gasteiger partial charge in [-0.25, -0.2) is 0 Å². The zero-order chi connectivity index (χ0) is 29.5. The third kappa shape index (κ3) is 4.14. The zero-order valence-corrected chi connectivity index (χ0v) is 25.0. The number of rotatable bonds is 7. The average Bonchev–Trinajstić information content (AvgIpc) is 3.59. The molecule has 0 N–H and O–H groups in total. The molecule has 7 rings (SSSR count). The summed E-state index contributed by atoms with van der Waals surface area (Å²) in [5.41, 5.74) is 9.22. The van der Waals surface area contributed by atoms with E-state index in [2.05, 4.69) is 140 Å². The molecule has 1 nitrogen and oxygen atoms in total. The summed E-state index contributed by atoms with van der Waals surface area (Å²) in [7, 11) is 0. The van der Waals surface area contributed by atoms with Gasteiger partial charge in [-0.15, -0.1) is 11.3 Å². The van der Waals surface area contributed by atoms with Crippen molar-refractivity contribution in [1.29, 1.82) is 0 Å². The van der Waals surface area contributed by atoms with Gasteiger partial charge >= 0.3 is 0 Å². The lowest BCUT2D eigenvalue weighted by molar-refractivity contribution is 1.16. The Hall–Kier alpha value is -5.18. The minimum atomic E-state index is 1.02. The van der Waals surface area contributed by atoms with Gasteiger partial charge in [-0.05, 0) is 58.7 Å². The fourth-order valence-corrected chi connectivity index (χ4v) is 7.83. The third-order valence-corrected chi connectivity index (χ3v) is 9.49. The van der Waals surface area contributed by atoms with Crippen molar-refractivity contribution in [2.75, 3.05) is 0 Å². The molecule has 7 aromatic rings. The Morgan fingerprint density at radius 1 is 0.698 bits per heavy atom. The van der Waals surface area contributed by atoms with Crippen LogP contribution in [-0.2, 0) is 0 Å². The second kappa shape index (κ2) is 10.9. The van der Waals surface area contributed by atoms with E-state index in [0.29, 0.717) is 0 Å². The Morgan fingerprint density at radius 2 is 1.42 bits per heavy atom. The second-order valence-corrected chi connectivity index (χ2v) is 11.6. The molecule has 2 heteroatoms. The summed E-state index contributed by atoms with van der Waals surface area (Å²) in [4.78, 5) is 0. The molecule has 0 aliphatic rings. The van der Waals surface area contributed by atoms with Gasteiger partial charge in [0.25, 0.3) is 0 Å². The molecule has 2 aromatic heterocycles. The Bertz CT molecular complexity index is 2280. The van der Waals surface area contributed by atoms with Crippen LogP contribution in [0.2, 0.25) is 0 Å². The monoisotopic (exact) mass is 569 g/mol. The molecule has 5 aromatic carbocycles. The Labute approximate surface area is 256 Å². The van der Waals surface area contributed by atoms with Crippen LogP contribution in [-0.4, -0.2) is 4.57 Å². The number of allylic oxidation sites excluding steroid dienone is 5. The lowest BCUT2D eigenvalue weighted by Gasteiger charge is -2.13. The molecular weight excluding hydrogens is 539 g/mol. The molecule has 43 heavy (non-hydrogen) atoms. The summed E-state index contributed by atoms with van der Waals surface area (Å²) < 4.78 is 4.88. The summed E-state index contributed by atoms with van der Waals surface area (Å²) in [5.74, 6) is 0. The van der Waals surface area contributed by atoms with Gasteiger partial charge in [0, 0.05) is 42.4 Å². The molecule has 0 amide bonds. The highest BCUT2D eigenvalue weighted by molar-refractivity contribution is 7.27. The molecule has 0 aliphatic carbocycles. The molecule has 206 valence electrons. The first-order chi connectivity index (χ1) is 21.2. The van der Waals surface area contributed by atoms with E-state index in [1.807, 2.05) is 36.5 Å². The highest BCUT2D eigenvalue weighted by Gasteiger charge is 2.24. The summed E-state index contributed by atoms with van der Waals surface area (Å²) in [5, 5.41) is 6.13. The van der Waals surface area contributed by atoms with E-state index in [-0.39, 0.29) is 0 Å². The van der Waals surface area contributed by atoms with Gasteiger partial charge < -0.3 is 4.57 Å². The molecule has 0 aliphatic heterocycles. The van der Waals surface area contributed by atoms with Crippen LogP contribution >= 0.6 is 11.3 Å². The fourth-order valence-electron chi connectivity index (χ4n) is 6.46. The molecule has 0 atom stereocenters. The largest absolute Gasteiger partial charge is 0.309 e. The van der Waals surface area contributed by atoms with E-state index in [0.717, 1.165) is 27.9 Å². The maximum Gasteiger partial charge on any atom is 0.0634 e. The predicted octanol–water partition coefficient (Wildman–Crippen LogP) is 12.4. The first kappa shape index (κ1) is 26.7. The number of nitrogens with zero attached hydrogens (tertiary/aromatic N) is 1.